The molecule has 1 amide bonds. The van der Waals surface area contributed by atoms with Gasteiger partial charge in [0.25, 0.3) is 10.0 Å². The van der Waals surface area contributed by atoms with E-state index in [-0.39, 0.29) is 17.3 Å². The van der Waals surface area contributed by atoms with Gasteiger partial charge >= 0.3 is 0 Å². The summed E-state index contributed by atoms with van der Waals surface area (Å²) >= 11 is 3.31. The maximum atomic E-state index is 13.2. The summed E-state index contributed by atoms with van der Waals surface area (Å²) in [6.07, 6.45) is 0. The highest BCUT2D eigenvalue weighted by Gasteiger charge is 2.28. The Morgan fingerprint density at radius 2 is 1.50 bits per heavy atom. The number of rotatable bonds is 7. The van der Waals surface area contributed by atoms with Crippen molar-refractivity contribution in [1.29, 1.82) is 0 Å². The minimum Gasteiger partial charge on any atom is -0.342 e. The molecule has 0 saturated heterocycles. The number of likely N-dealkylation sites (N-methyl/N-ethyl adjacent to an activating group) is 1. The third kappa shape index (κ3) is 4.65. The minimum atomic E-state index is -3.86. The molecule has 0 heterocycles. The second kappa shape index (κ2) is 8.68. The quantitative estimate of drug-likeness (QED) is 0.659. The van der Waals surface area contributed by atoms with Crippen molar-refractivity contribution in [3.05, 3.63) is 58.6 Å². The van der Waals surface area contributed by atoms with Gasteiger partial charge in [-0.25, -0.2) is 8.42 Å². The van der Waals surface area contributed by atoms with Crippen LogP contribution in [0, 0.1) is 6.92 Å². The zero-order valence-electron chi connectivity index (χ0n) is 15.1. The van der Waals surface area contributed by atoms with Gasteiger partial charge in [0.05, 0.1) is 10.6 Å². The molecule has 0 aliphatic carbocycles. The van der Waals surface area contributed by atoms with Crippen LogP contribution in [0.1, 0.15) is 19.4 Å². The first-order chi connectivity index (χ1) is 12.3. The van der Waals surface area contributed by atoms with Crippen LogP contribution in [0.4, 0.5) is 5.69 Å². The number of carbonyl (C=O) groups excluding carboxylic acids is 1. The predicted octanol–water partition coefficient (Wildman–Crippen LogP) is 3.82. The lowest BCUT2D eigenvalue weighted by Crippen LogP contribution is -2.43. The van der Waals surface area contributed by atoms with Gasteiger partial charge in [0, 0.05) is 17.6 Å². The van der Waals surface area contributed by atoms with Crippen molar-refractivity contribution >= 4 is 37.5 Å². The number of nitrogens with zero attached hydrogens (tertiary/aromatic N) is 2. The monoisotopic (exact) mass is 438 g/mol. The Hall–Kier alpha value is -1.86. The molecule has 2 rings (SSSR count). The Bertz CT molecular complexity index is 845. The Balaban J connectivity index is 2.47. The van der Waals surface area contributed by atoms with Gasteiger partial charge in [-0.05, 0) is 57.2 Å². The molecule has 0 fully saturated rings. The van der Waals surface area contributed by atoms with Gasteiger partial charge < -0.3 is 4.90 Å². The third-order valence-electron chi connectivity index (χ3n) is 4.12. The third-order valence-corrected chi connectivity index (χ3v) is 6.44. The number of benzene rings is 2. The number of carbonyl (C=O) groups is 1. The Kier molecular flexibility index (Phi) is 6.83. The number of sulfonamides is 1. The fraction of sp³-hybridized carbons (Fsp3) is 0.316. The van der Waals surface area contributed by atoms with Crippen LogP contribution >= 0.6 is 15.9 Å². The first-order valence-corrected chi connectivity index (χ1v) is 10.7. The normalized spacial score (nSPS) is 11.2. The lowest BCUT2D eigenvalue weighted by molar-refractivity contribution is -0.129. The van der Waals surface area contributed by atoms with Crippen LogP contribution in [0.5, 0.6) is 0 Å². The van der Waals surface area contributed by atoms with Gasteiger partial charge in [-0.2, -0.15) is 0 Å². The van der Waals surface area contributed by atoms with Crippen LogP contribution in [0.2, 0.25) is 0 Å². The van der Waals surface area contributed by atoms with Crippen molar-refractivity contribution in [1.82, 2.24) is 4.90 Å². The summed E-state index contributed by atoms with van der Waals surface area (Å²) in [6, 6.07) is 13.5. The van der Waals surface area contributed by atoms with Gasteiger partial charge in [0.1, 0.15) is 6.54 Å². The Morgan fingerprint density at radius 1 is 0.962 bits per heavy atom. The number of amides is 1. The van der Waals surface area contributed by atoms with Crippen LogP contribution in [0.3, 0.4) is 0 Å². The molecule has 5 nitrogen and oxygen atoms in total. The van der Waals surface area contributed by atoms with Crippen molar-refractivity contribution in [2.75, 3.05) is 23.9 Å². The van der Waals surface area contributed by atoms with Gasteiger partial charge in [-0.15, -0.1) is 0 Å². The molecule has 26 heavy (non-hydrogen) atoms. The molecule has 0 saturated carbocycles. The molecule has 2 aromatic rings. The number of halogens is 1. The predicted molar refractivity (Wildman–Crippen MR) is 108 cm³/mol. The highest BCUT2D eigenvalue weighted by atomic mass is 79.9. The highest BCUT2D eigenvalue weighted by molar-refractivity contribution is 9.10. The summed E-state index contributed by atoms with van der Waals surface area (Å²) in [5.74, 6) is -0.226. The molecule has 2 aromatic carbocycles. The number of hydrogen-bond donors (Lipinski definition) is 0. The zero-order valence-corrected chi connectivity index (χ0v) is 17.5. The molecule has 0 atom stereocenters. The summed E-state index contributed by atoms with van der Waals surface area (Å²) in [5, 5.41) is 0. The fourth-order valence-electron chi connectivity index (χ4n) is 2.56. The highest BCUT2D eigenvalue weighted by Crippen LogP contribution is 2.25. The maximum absolute atomic E-state index is 13.2. The SMILES string of the molecule is CCN(CC)C(=O)CN(c1ccc(C)cc1)S(=O)(=O)c1ccc(Br)cc1. The Labute approximate surface area is 163 Å². The largest absolute Gasteiger partial charge is 0.342 e. The van der Waals surface area contributed by atoms with Crippen LogP contribution in [-0.4, -0.2) is 38.9 Å². The molecule has 0 bridgehead atoms. The first-order valence-electron chi connectivity index (χ1n) is 8.42. The molecular weight excluding hydrogens is 416 g/mol. The average molecular weight is 439 g/mol. The van der Waals surface area contributed by atoms with Gasteiger partial charge in [-0.1, -0.05) is 33.6 Å². The fourth-order valence-corrected chi connectivity index (χ4v) is 4.24. The van der Waals surface area contributed by atoms with Gasteiger partial charge in [0.15, 0.2) is 0 Å². The lowest BCUT2D eigenvalue weighted by Gasteiger charge is -2.27. The van der Waals surface area contributed by atoms with E-state index in [4.69, 9.17) is 0 Å². The van der Waals surface area contributed by atoms with Crippen molar-refractivity contribution in [3.63, 3.8) is 0 Å². The maximum Gasteiger partial charge on any atom is 0.264 e. The minimum absolute atomic E-state index is 0.147. The second-order valence-electron chi connectivity index (χ2n) is 5.87. The lowest BCUT2D eigenvalue weighted by atomic mass is 10.2. The summed E-state index contributed by atoms with van der Waals surface area (Å²) in [7, 11) is -3.86. The van der Waals surface area contributed by atoms with Crippen molar-refractivity contribution in [2.24, 2.45) is 0 Å². The van der Waals surface area contributed by atoms with E-state index in [0.717, 1.165) is 10.0 Å². The topological polar surface area (TPSA) is 57.7 Å². The molecule has 0 N–H and O–H groups in total. The molecule has 7 heteroatoms. The van der Waals surface area contributed by atoms with E-state index in [1.165, 1.54) is 16.4 Å². The molecule has 0 aromatic heterocycles. The van der Waals surface area contributed by atoms with E-state index in [9.17, 15) is 13.2 Å². The van der Waals surface area contributed by atoms with E-state index < -0.39 is 10.0 Å². The Morgan fingerprint density at radius 3 is 2.00 bits per heavy atom. The van der Waals surface area contributed by atoms with Crippen LogP contribution in [0.25, 0.3) is 0 Å². The first kappa shape index (κ1) is 20.5. The molecule has 0 aliphatic heterocycles. The summed E-state index contributed by atoms with van der Waals surface area (Å²) in [6.45, 7) is 6.52. The number of hydrogen-bond acceptors (Lipinski definition) is 3. The van der Waals surface area contributed by atoms with E-state index in [2.05, 4.69) is 15.9 Å². The summed E-state index contributed by atoms with van der Waals surface area (Å²) in [4.78, 5) is 14.4. The smallest absolute Gasteiger partial charge is 0.264 e. The molecular formula is C19H23BrN2O3S. The number of aryl methyl sites for hydroxylation is 1. The number of anilines is 1. The zero-order chi connectivity index (χ0) is 19.3. The molecule has 0 unspecified atom stereocenters. The average Bonchev–Trinajstić information content (AvgIpc) is 2.62. The van der Waals surface area contributed by atoms with Crippen LogP contribution in [0.15, 0.2) is 57.9 Å². The van der Waals surface area contributed by atoms with Crippen LogP contribution < -0.4 is 4.31 Å². The summed E-state index contributed by atoms with van der Waals surface area (Å²) < 4.78 is 28.4. The van der Waals surface area contributed by atoms with E-state index in [0.29, 0.717) is 18.8 Å². The van der Waals surface area contributed by atoms with Crippen LogP contribution in [-0.2, 0) is 14.8 Å². The van der Waals surface area contributed by atoms with Crippen molar-refractivity contribution in [2.45, 2.75) is 25.7 Å². The molecule has 0 aliphatic rings. The van der Waals surface area contributed by atoms with Gasteiger partial charge in [-0.3, -0.25) is 9.10 Å². The summed E-state index contributed by atoms with van der Waals surface area (Å²) in [5.41, 5.74) is 1.49. The second-order valence-corrected chi connectivity index (χ2v) is 8.65. The standard InChI is InChI=1S/C19H23BrN2O3S/c1-4-21(5-2)19(23)14-22(17-10-6-15(3)7-11-17)26(24,25)18-12-8-16(20)9-13-18/h6-13H,4-5,14H2,1-3H3. The van der Waals surface area contributed by atoms with E-state index in [1.54, 1.807) is 29.2 Å². The molecule has 0 radical (unpaired) electrons. The van der Waals surface area contributed by atoms with Crippen molar-refractivity contribution < 1.29 is 13.2 Å². The molecule has 0 spiro atoms. The van der Waals surface area contributed by atoms with E-state index >= 15 is 0 Å². The van der Waals surface area contributed by atoms with E-state index in [1.807, 2.05) is 32.9 Å². The molecule has 140 valence electrons. The van der Waals surface area contributed by atoms with Crippen molar-refractivity contribution in [3.8, 4) is 0 Å². The van der Waals surface area contributed by atoms with Gasteiger partial charge in [0.2, 0.25) is 5.91 Å².